The molecular formula is C42H27NS2. The number of rotatable bonds is 3. The number of hydrogen-bond donors (Lipinski definition) is 0. The highest BCUT2D eigenvalue weighted by Gasteiger charge is 2.19. The Morgan fingerprint density at radius 1 is 0.511 bits per heavy atom. The molecule has 1 aliphatic rings. The Balaban J connectivity index is 1.23. The first-order chi connectivity index (χ1) is 22.3. The topological polar surface area (TPSA) is 4.93 Å². The summed E-state index contributed by atoms with van der Waals surface area (Å²) in [6, 6.07) is 47.3. The van der Waals surface area contributed by atoms with Crippen molar-refractivity contribution >= 4 is 80.8 Å². The van der Waals surface area contributed by atoms with Gasteiger partial charge < -0.3 is 4.57 Å². The summed E-state index contributed by atoms with van der Waals surface area (Å²) in [7, 11) is 0. The van der Waals surface area contributed by atoms with E-state index in [0.717, 1.165) is 12.8 Å². The summed E-state index contributed by atoms with van der Waals surface area (Å²) in [5.41, 5.74) is 10.3. The Kier molecular flexibility index (Phi) is 5.51. The van der Waals surface area contributed by atoms with Crippen LogP contribution in [-0.4, -0.2) is 4.57 Å². The molecule has 0 saturated heterocycles. The van der Waals surface area contributed by atoms with E-state index in [2.05, 4.69) is 144 Å². The number of benzene rings is 6. The number of nitrogens with zero attached hydrogens (tertiary/aromatic N) is 1. The zero-order chi connectivity index (χ0) is 29.5. The third-order valence-electron chi connectivity index (χ3n) is 9.49. The lowest BCUT2D eigenvalue weighted by atomic mass is 9.97. The Morgan fingerprint density at radius 3 is 1.91 bits per heavy atom. The van der Waals surface area contributed by atoms with Crippen LogP contribution in [0, 0.1) is 0 Å². The van der Waals surface area contributed by atoms with Crippen molar-refractivity contribution in [1.82, 2.24) is 4.57 Å². The van der Waals surface area contributed by atoms with E-state index in [0.29, 0.717) is 0 Å². The average molecular weight is 610 g/mol. The molecule has 0 N–H and O–H groups in total. The highest BCUT2D eigenvalue weighted by molar-refractivity contribution is 7.26. The quantitative estimate of drug-likeness (QED) is 0.188. The van der Waals surface area contributed by atoms with Crippen LogP contribution in [-0.2, 0) is 6.42 Å². The first-order valence-corrected chi connectivity index (χ1v) is 17.2. The molecule has 45 heavy (non-hydrogen) atoms. The molecule has 0 unspecified atom stereocenters. The Morgan fingerprint density at radius 2 is 1.16 bits per heavy atom. The fraction of sp³-hybridized carbons (Fsp3) is 0.0476. The van der Waals surface area contributed by atoms with Crippen molar-refractivity contribution in [2.75, 3.05) is 0 Å². The molecule has 10 rings (SSSR count). The summed E-state index contributed by atoms with van der Waals surface area (Å²) >= 11 is 3.84. The van der Waals surface area contributed by atoms with Gasteiger partial charge in [0, 0.05) is 46.2 Å². The van der Waals surface area contributed by atoms with Crippen LogP contribution in [0.15, 0.2) is 133 Å². The van der Waals surface area contributed by atoms with Crippen molar-refractivity contribution in [3.05, 3.63) is 144 Å². The first-order valence-electron chi connectivity index (χ1n) is 15.6. The van der Waals surface area contributed by atoms with Gasteiger partial charge in [0.1, 0.15) is 0 Å². The lowest BCUT2D eigenvalue weighted by Gasteiger charge is -2.10. The second-order valence-electron chi connectivity index (χ2n) is 12.0. The minimum absolute atomic E-state index is 1.13. The van der Waals surface area contributed by atoms with Crippen LogP contribution in [0.1, 0.15) is 16.9 Å². The van der Waals surface area contributed by atoms with Crippen LogP contribution in [0.2, 0.25) is 0 Å². The van der Waals surface area contributed by atoms with E-state index in [1.165, 1.54) is 90.4 Å². The maximum absolute atomic E-state index is 2.46. The summed E-state index contributed by atoms with van der Waals surface area (Å²) in [6.07, 6.45) is 6.90. The molecule has 3 heteroatoms. The Labute approximate surface area is 268 Å². The normalized spacial score (nSPS) is 13.1. The van der Waals surface area contributed by atoms with Gasteiger partial charge in [-0.15, -0.1) is 22.7 Å². The second kappa shape index (κ2) is 9.77. The van der Waals surface area contributed by atoms with Gasteiger partial charge in [0.05, 0.1) is 11.0 Å². The molecule has 0 bridgehead atoms. The third-order valence-corrected chi connectivity index (χ3v) is 12.0. The molecule has 1 nitrogen and oxygen atoms in total. The van der Waals surface area contributed by atoms with Crippen LogP contribution in [0.25, 0.3) is 86.1 Å². The summed E-state index contributed by atoms with van der Waals surface area (Å²) < 4.78 is 6.55. The lowest BCUT2D eigenvalue weighted by Crippen LogP contribution is -1.94. The van der Waals surface area contributed by atoms with E-state index in [9.17, 15) is 0 Å². The molecule has 3 aromatic heterocycles. The van der Waals surface area contributed by atoms with Gasteiger partial charge in [0.25, 0.3) is 0 Å². The van der Waals surface area contributed by atoms with E-state index in [1.54, 1.807) is 0 Å². The molecule has 9 aromatic rings. The van der Waals surface area contributed by atoms with Gasteiger partial charge in [0.2, 0.25) is 0 Å². The second-order valence-corrected chi connectivity index (χ2v) is 14.1. The van der Waals surface area contributed by atoms with E-state index in [1.807, 2.05) is 22.7 Å². The number of para-hydroxylation sites is 1. The zero-order valence-corrected chi connectivity index (χ0v) is 26.1. The third kappa shape index (κ3) is 3.78. The number of aromatic nitrogens is 1. The first kappa shape index (κ1) is 25.4. The molecule has 6 aromatic carbocycles. The largest absolute Gasteiger partial charge is 0.309 e. The number of allylic oxidation sites excluding steroid dienone is 1. The summed E-state index contributed by atoms with van der Waals surface area (Å²) in [5.74, 6) is 0. The van der Waals surface area contributed by atoms with E-state index >= 15 is 0 Å². The number of thiophene rings is 2. The molecule has 212 valence electrons. The highest BCUT2D eigenvalue weighted by atomic mass is 32.1. The molecule has 0 aliphatic heterocycles. The Bertz CT molecular complexity index is 2650. The van der Waals surface area contributed by atoms with Crippen LogP contribution in [0.3, 0.4) is 0 Å². The van der Waals surface area contributed by atoms with E-state index in [4.69, 9.17) is 0 Å². The monoisotopic (exact) mass is 609 g/mol. The van der Waals surface area contributed by atoms with Crippen molar-refractivity contribution in [3.63, 3.8) is 0 Å². The van der Waals surface area contributed by atoms with Gasteiger partial charge in [-0.2, -0.15) is 0 Å². The van der Waals surface area contributed by atoms with Crippen molar-refractivity contribution in [2.24, 2.45) is 0 Å². The zero-order valence-electron chi connectivity index (χ0n) is 24.5. The molecule has 1 aliphatic carbocycles. The standard InChI is InChI=1S/C42H27NS2/c1-2-10-28(11-3-1)43-37-24-26(29-14-8-16-35-33-12-4-6-18-39(33)44-41(29)35)20-22-31(37)32-23-21-27(25-38(32)43)30-15-9-17-36-34-13-5-7-19-40(34)45-42(30)36/h1-4,6-12,14-25H,5,13H2. The fourth-order valence-electron chi connectivity index (χ4n) is 7.41. The van der Waals surface area contributed by atoms with Crippen LogP contribution >= 0.6 is 22.7 Å². The van der Waals surface area contributed by atoms with Crippen LogP contribution in [0.5, 0.6) is 0 Å². The number of hydrogen-bond acceptors (Lipinski definition) is 2. The van der Waals surface area contributed by atoms with Gasteiger partial charge in [-0.3, -0.25) is 0 Å². The molecule has 0 saturated carbocycles. The van der Waals surface area contributed by atoms with E-state index in [-0.39, 0.29) is 0 Å². The van der Waals surface area contributed by atoms with Gasteiger partial charge in [0.15, 0.2) is 0 Å². The van der Waals surface area contributed by atoms with Crippen molar-refractivity contribution in [2.45, 2.75) is 12.8 Å². The maximum atomic E-state index is 2.46. The smallest absolute Gasteiger partial charge is 0.0547 e. The molecule has 3 heterocycles. The summed E-state index contributed by atoms with van der Waals surface area (Å²) in [5, 5.41) is 6.65. The lowest BCUT2D eigenvalue weighted by molar-refractivity contribution is 1.01. The minimum Gasteiger partial charge on any atom is -0.309 e. The van der Waals surface area contributed by atoms with Crippen LogP contribution < -0.4 is 0 Å². The molecule has 0 atom stereocenters. The van der Waals surface area contributed by atoms with Gasteiger partial charge in [-0.1, -0.05) is 103 Å². The van der Waals surface area contributed by atoms with Crippen LogP contribution in [0.4, 0.5) is 0 Å². The van der Waals surface area contributed by atoms with Gasteiger partial charge in [-0.05, 0) is 82.5 Å². The van der Waals surface area contributed by atoms with E-state index < -0.39 is 0 Å². The number of aryl methyl sites for hydroxylation is 1. The molecule has 0 radical (unpaired) electrons. The van der Waals surface area contributed by atoms with Crippen molar-refractivity contribution in [3.8, 4) is 27.9 Å². The average Bonchev–Trinajstić information content (AvgIpc) is 3.77. The predicted molar refractivity (Wildman–Crippen MR) is 197 cm³/mol. The van der Waals surface area contributed by atoms with Gasteiger partial charge in [-0.25, -0.2) is 0 Å². The Hall–Kier alpha value is -4.96. The fourth-order valence-corrected chi connectivity index (χ4v) is 9.96. The highest BCUT2D eigenvalue weighted by Crippen LogP contribution is 2.44. The SMILES string of the molecule is C1=Cc2sc3c(-c4ccc5c6ccc(-c7cccc8c7sc7ccccc78)cc6n(-c6ccccc6)c5c4)cccc3c2CC1. The molecule has 0 amide bonds. The maximum Gasteiger partial charge on any atom is 0.0547 e. The summed E-state index contributed by atoms with van der Waals surface area (Å²) in [6.45, 7) is 0. The predicted octanol–water partition coefficient (Wildman–Crippen LogP) is 12.7. The minimum atomic E-state index is 1.13. The number of fused-ring (bicyclic) bond motifs is 9. The summed E-state index contributed by atoms with van der Waals surface area (Å²) in [4.78, 5) is 1.42. The van der Waals surface area contributed by atoms with Crippen molar-refractivity contribution < 1.29 is 0 Å². The molecular weight excluding hydrogens is 583 g/mol. The molecule has 0 fully saturated rings. The van der Waals surface area contributed by atoms with Gasteiger partial charge >= 0.3 is 0 Å². The van der Waals surface area contributed by atoms with Crippen molar-refractivity contribution in [1.29, 1.82) is 0 Å². The molecule has 0 spiro atoms.